The Labute approximate surface area is 188 Å². The van der Waals surface area contributed by atoms with Crippen molar-refractivity contribution >= 4 is 21.5 Å². The lowest BCUT2D eigenvalue weighted by atomic mass is 9.89. The molecule has 0 N–H and O–H groups in total. The van der Waals surface area contributed by atoms with Crippen molar-refractivity contribution in [3.8, 4) is 33.4 Å². The van der Waals surface area contributed by atoms with Crippen LogP contribution >= 0.6 is 0 Å². The zero-order valence-corrected chi connectivity index (χ0v) is 17.7. The molecular weight excluding hydrogens is 384 g/mol. The van der Waals surface area contributed by atoms with Gasteiger partial charge in [0, 0.05) is 0 Å². The molecule has 0 bridgehead atoms. The second-order valence-corrected chi connectivity index (χ2v) is 8.22. The standard InChI is InChI=1S/C32H22/c1-3-11-23(12-4-1)26-19-27(24-13-5-2-6-14-24)21-28(20-26)32-22-25-15-7-8-16-29(25)30-17-9-10-18-31(30)32/h1-22H. The Morgan fingerprint density at radius 3 is 1.38 bits per heavy atom. The van der Waals surface area contributed by atoms with Gasteiger partial charge < -0.3 is 0 Å². The van der Waals surface area contributed by atoms with Crippen molar-refractivity contribution in [1.82, 2.24) is 0 Å². The fourth-order valence-corrected chi connectivity index (χ4v) is 4.67. The molecule has 0 radical (unpaired) electrons. The number of hydrogen-bond acceptors (Lipinski definition) is 0. The first-order valence-electron chi connectivity index (χ1n) is 11.0. The molecule has 0 aliphatic carbocycles. The van der Waals surface area contributed by atoms with Gasteiger partial charge in [0.25, 0.3) is 0 Å². The van der Waals surface area contributed by atoms with Crippen molar-refractivity contribution in [3.05, 3.63) is 133 Å². The molecule has 0 unspecified atom stereocenters. The van der Waals surface area contributed by atoms with Gasteiger partial charge in [0.05, 0.1) is 0 Å². The van der Waals surface area contributed by atoms with Crippen LogP contribution in [-0.4, -0.2) is 0 Å². The summed E-state index contributed by atoms with van der Waals surface area (Å²) < 4.78 is 0. The minimum Gasteiger partial charge on any atom is -0.0622 e. The summed E-state index contributed by atoms with van der Waals surface area (Å²) in [4.78, 5) is 0. The fourth-order valence-electron chi connectivity index (χ4n) is 4.67. The molecule has 0 aromatic heterocycles. The van der Waals surface area contributed by atoms with Crippen LogP contribution in [0.15, 0.2) is 133 Å². The summed E-state index contributed by atoms with van der Waals surface area (Å²) in [5.41, 5.74) is 7.45. The quantitative estimate of drug-likeness (QED) is 0.257. The van der Waals surface area contributed by atoms with Gasteiger partial charge in [-0.2, -0.15) is 0 Å². The Morgan fingerprint density at radius 2 is 0.750 bits per heavy atom. The van der Waals surface area contributed by atoms with E-state index in [0.717, 1.165) is 0 Å². The Bertz CT molecular complexity index is 1490. The first kappa shape index (κ1) is 18.6. The third-order valence-electron chi connectivity index (χ3n) is 6.23. The highest BCUT2D eigenvalue weighted by Crippen LogP contribution is 2.38. The molecule has 0 heterocycles. The molecule has 0 spiro atoms. The van der Waals surface area contributed by atoms with Gasteiger partial charge in [-0.15, -0.1) is 0 Å². The molecule has 0 aliphatic rings. The Hall–Kier alpha value is -4.16. The molecule has 0 nitrogen and oxygen atoms in total. The minimum atomic E-state index is 1.23. The Balaban J connectivity index is 1.67. The van der Waals surface area contributed by atoms with Crippen LogP contribution in [0, 0.1) is 0 Å². The maximum Gasteiger partial charge on any atom is -0.00986 e. The van der Waals surface area contributed by atoms with Crippen LogP contribution in [0.3, 0.4) is 0 Å². The molecule has 32 heavy (non-hydrogen) atoms. The van der Waals surface area contributed by atoms with Gasteiger partial charge in [0.1, 0.15) is 0 Å². The maximum atomic E-state index is 2.34. The van der Waals surface area contributed by atoms with Crippen molar-refractivity contribution < 1.29 is 0 Å². The molecule has 0 fully saturated rings. The second-order valence-electron chi connectivity index (χ2n) is 8.22. The molecule has 0 heteroatoms. The highest BCUT2D eigenvalue weighted by molar-refractivity contribution is 6.14. The van der Waals surface area contributed by atoms with Crippen LogP contribution in [0.1, 0.15) is 0 Å². The largest absolute Gasteiger partial charge is 0.0622 e. The van der Waals surface area contributed by atoms with E-state index in [1.54, 1.807) is 0 Å². The van der Waals surface area contributed by atoms with Crippen LogP contribution in [0.25, 0.3) is 54.9 Å². The monoisotopic (exact) mass is 406 g/mol. The summed E-state index contributed by atoms with van der Waals surface area (Å²) in [6.45, 7) is 0. The van der Waals surface area contributed by atoms with E-state index in [1.807, 2.05) is 0 Å². The van der Waals surface area contributed by atoms with Crippen molar-refractivity contribution in [3.63, 3.8) is 0 Å². The van der Waals surface area contributed by atoms with Gasteiger partial charge in [-0.1, -0.05) is 109 Å². The molecule has 150 valence electrons. The number of fused-ring (bicyclic) bond motifs is 3. The second kappa shape index (κ2) is 7.83. The molecule has 0 atom stereocenters. The molecule has 6 aromatic carbocycles. The lowest BCUT2D eigenvalue weighted by Crippen LogP contribution is -1.88. The highest BCUT2D eigenvalue weighted by Gasteiger charge is 2.12. The highest BCUT2D eigenvalue weighted by atomic mass is 14.2. The average Bonchev–Trinajstić information content (AvgIpc) is 2.89. The van der Waals surface area contributed by atoms with E-state index in [9.17, 15) is 0 Å². The van der Waals surface area contributed by atoms with Crippen molar-refractivity contribution in [2.75, 3.05) is 0 Å². The third-order valence-corrected chi connectivity index (χ3v) is 6.23. The first-order chi connectivity index (χ1) is 15.9. The van der Waals surface area contributed by atoms with E-state index in [0.29, 0.717) is 0 Å². The van der Waals surface area contributed by atoms with E-state index < -0.39 is 0 Å². The number of hydrogen-bond donors (Lipinski definition) is 0. The molecule has 0 saturated carbocycles. The summed E-state index contributed by atoms with van der Waals surface area (Å²) in [5, 5.41) is 5.16. The predicted molar refractivity (Wildman–Crippen MR) is 138 cm³/mol. The predicted octanol–water partition coefficient (Wildman–Crippen LogP) is 8.99. The van der Waals surface area contributed by atoms with E-state index in [4.69, 9.17) is 0 Å². The van der Waals surface area contributed by atoms with E-state index in [-0.39, 0.29) is 0 Å². The van der Waals surface area contributed by atoms with Gasteiger partial charge in [0.15, 0.2) is 0 Å². The van der Waals surface area contributed by atoms with Crippen LogP contribution in [-0.2, 0) is 0 Å². The van der Waals surface area contributed by atoms with Gasteiger partial charge in [0.2, 0.25) is 0 Å². The SMILES string of the molecule is c1ccc(-c2cc(-c3ccccc3)cc(-c3cc4ccccc4c4ccccc34)c2)cc1. The molecule has 6 aromatic rings. The fraction of sp³-hybridized carbons (Fsp3) is 0. The summed E-state index contributed by atoms with van der Waals surface area (Å²) in [5.74, 6) is 0. The summed E-state index contributed by atoms with van der Waals surface area (Å²) in [6.07, 6.45) is 0. The van der Waals surface area contributed by atoms with Crippen LogP contribution in [0.4, 0.5) is 0 Å². The molecule has 0 amide bonds. The summed E-state index contributed by atoms with van der Waals surface area (Å²) in [7, 11) is 0. The zero-order valence-electron chi connectivity index (χ0n) is 17.7. The molecule has 6 rings (SSSR count). The molecular formula is C32H22. The topological polar surface area (TPSA) is 0 Å². The Morgan fingerprint density at radius 1 is 0.281 bits per heavy atom. The van der Waals surface area contributed by atoms with Crippen molar-refractivity contribution in [1.29, 1.82) is 0 Å². The minimum absolute atomic E-state index is 1.23. The first-order valence-corrected chi connectivity index (χ1v) is 11.0. The van der Waals surface area contributed by atoms with Gasteiger partial charge in [-0.25, -0.2) is 0 Å². The normalized spacial score (nSPS) is 11.1. The van der Waals surface area contributed by atoms with Crippen molar-refractivity contribution in [2.24, 2.45) is 0 Å². The number of benzene rings is 6. The third kappa shape index (κ3) is 3.27. The Kier molecular flexibility index (Phi) is 4.55. The zero-order chi connectivity index (χ0) is 21.3. The van der Waals surface area contributed by atoms with E-state index in [1.165, 1.54) is 54.9 Å². The van der Waals surface area contributed by atoms with Gasteiger partial charge in [-0.05, 0) is 79.2 Å². The summed E-state index contributed by atoms with van der Waals surface area (Å²) in [6, 6.07) is 48.1. The number of rotatable bonds is 3. The van der Waals surface area contributed by atoms with Crippen molar-refractivity contribution in [2.45, 2.75) is 0 Å². The molecule has 0 aliphatic heterocycles. The van der Waals surface area contributed by atoms with E-state index >= 15 is 0 Å². The maximum absolute atomic E-state index is 2.34. The van der Waals surface area contributed by atoms with Crippen LogP contribution < -0.4 is 0 Å². The van der Waals surface area contributed by atoms with Crippen LogP contribution in [0.2, 0.25) is 0 Å². The summed E-state index contributed by atoms with van der Waals surface area (Å²) >= 11 is 0. The lowest BCUT2D eigenvalue weighted by molar-refractivity contribution is 1.58. The van der Waals surface area contributed by atoms with Crippen LogP contribution in [0.5, 0.6) is 0 Å². The molecule has 0 saturated heterocycles. The van der Waals surface area contributed by atoms with Gasteiger partial charge >= 0.3 is 0 Å². The lowest BCUT2D eigenvalue weighted by Gasteiger charge is -2.15. The van der Waals surface area contributed by atoms with E-state index in [2.05, 4.69) is 133 Å². The smallest absolute Gasteiger partial charge is 0.00986 e. The average molecular weight is 407 g/mol. The van der Waals surface area contributed by atoms with Gasteiger partial charge in [-0.3, -0.25) is 0 Å².